The fourth-order valence-electron chi connectivity index (χ4n) is 3.81. The van der Waals surface area contributed by atoms with Crippen LogP contribution in [0.25, 0.3) is 22.3 Å². The van der Waals surface area contributed by atoms with Crippen molar-refractivity contribution in [1.29, 1.82) is 0 Å². The minimum atomic E-state index is -0.968. The van der Waals surface area contributed by atoms with Crippen LogP contribution in [0.1, 0.15) is 25.0 Å². The second-order valence-corrected chi connectivity index (χ2v) is 8.30. The highest BCUT2D eigenvalue weighted by Gasteiger charge is 2.21. The molecule has 3 aromatic carbocycles. The summed E-state index contributed by atoms with van der Waals surface area (Å²) in [5, 5.41) is 0. The summed E-state index contributed by atoms with van der Waals surface area (Å²) in [7, 11) is 0. The molecule has 0 bridgehead atoms. The number of benzene rings is 3. The number of hydrogen-bond acceptors (Lipinski definition) is 4. The molecule has 0 unspecified atom stereocenters. The highest BCUT2D eigenvalue weighted by Crippen LogP contribution is 2.38. The number of fused-ring (bicyclic) bond motifs is 3. The van der Waals surface area contributed by atoms with Crippen LogP contribution in [0.3, 0.4) is 0 Å². The summed E-state index contributed by atoms with van der Waals surface area (Å²) in [5.74, 6) is -3.58. The van der Waals surface area contributed by atoms with Crippen LogP contribution in [-0.4, -0.2) is 11.9 Å². The molecule has 0 radical (unpaired) electrons. The molecule has 0 spiro atoms. The van der Waals surface area contributed by atoms with Crippen molar-refractivity contribution < 1.29 is 27.8 Å². The fraction of sp³-hybridized carbons (Fsp3) is 0.143. The Kier molecular flexibility index (Phi) is 6.16. The van der Waals surface area contributed by atoms with E-state index in [0.717, 1.165) is 40.8 Å². The summed E-state index contributed by atoms with van der Waals surface area (Å²) in [5.41, 5.74) is 5.45. The summed E-state index contributed by atoms with van der Waals surface area (Å²) in [6, 6.07) is 13.4. The first-order valence-corrected chi connectivity index (χ1v) is 10.6. The standard InChI is InChI=1S/C28H22F2O4/c1-15(2)27(31)33-21-8-10-23-19(12-21)6-5-18-11-17(7-9-22(18)23)20-13-24(29)26(25(30)14-20)34-28(32)16(3)4/h7-14H,1,3,5-6H2,2,4H3. The van der Waals surface area contributed by atoms with Crippen LogP contribution in [0.2, 0.25) is 0 Å². The van der Waals surface area contributed by atoms with Crippen LogP contribution in [0, 0.1) is 11.6 Å². The highest BCUT2D eigenvalue weighted by atomic mass is 19.1. The molecule has 1 aliphatic carbocycles. The van der Waals surface area contributed by atoms with E-state index in [4.69, 9.17) is 9.47 Å². The molecule has 0 saturated carbocycles. The molecular weight excluding hydrogens is 438 g/mol. The second kappa shape index (κ2) is 9.06. The number of ether oxygens (including phenoxy) is 2. The lowest BCUT2D eigenvalue weighted by molar-refractivity contribution is -0.131. The molecule has 0 heterocycles. The lowest BCUT2D eigenvalue weighted by atomic mass is 9.84. The van der Waals surface area contributed by atoms with Crippen LogP contribution in [-0.2, 0) is 22.4 Å². The minimum absolute atomic E-state index is 0.0407. The van der Waals surface area contributed by atoms with Gasteiger partial charge in [0.2, 0.25) is 5.75 Å². The molecule has 0 N–H and O–H groups in total. The zero-order valence-electron chi connectivity index (χ0n) is 18.8. The third-order valence-corrected chi connectivity index (χ3v) is 5.57. The predicted molar refractivity (Wildman–Crippen MR) is 126 cm³/mol. The molecule has 172 valence electrons. The van der Waals surface area contributed by atoms with Crippen molar-refractivity contribution in [2.45, 2.75) is 26.7 Å². The first-order valence-electron chi connectivity index (χ1n) is 10.6. The Bertz CT molecular complexity index is 1350. The van der Waals surface area contributed by atoms with E-state index >= 15 is 0 Å². The topological polar surface area (TPSA) is 52.6 Å². The maximum Gasteiger partial charge on any atom is 0.338 e. The smallest absolute Gasteiger partial charge is 0.338 e. The average Bonchev–Trinajstić information content (AvgIpc) is 2.80. The third kappa shape index (κ3) is 4.53. The minimum Gasteiger partial charge on any atom is -0.423 e. The lowest BCUT2D eigenvalue weighted by Gasteiger charge is -2.21. The summed E-state index contributed by atoms with van der Waals surface area (Å²) >= 11 is 0. The number of carbonyl (C=O) groups excluding carboxylic acids is 2. The summed E-state index contributed by atoms with van der Waals surface area (Å²) in [4.78, 5) is 23.5. The molecular formula is C28H22F2O4. The van der Waals surface area contributed by atoms with Gasteiger partial charge in [-0.1, -0.05) is 37.4 Å². The van der Waals surface area contributed by atoms with Gasteiger partial charge in [-0.25, -0.2) is 18.4 Å². The molecule has 0 amide bonds. The van der Waals surface area contributed by atoms with Crippen LogP contribution >= 0.6 is 0 Å². The van der Waals surface area contributed by atoms with Crippen molar-refractivity contribution in [1.82, 2.24) is 0 Å². The van der Waals surface area contributed by atoms with E-state index in [1.165, 1.54) is 6.92 Å². The molecule has 3 aromatic rings. The van der Waals surface area contributed by atoms with Gasteiger partial charge in [0.05, 0.1) is 0 Å². The van der Waals surface area contributed by atoms with Gasteiger partial charge in [-0.2, -0.15) is 0 Å². The Morgan fingerprint density at radius 2 is 1.26 bits per heavy atom. The number of hydrogen-bond donors (Lipinski definition) is 0. The van der Waals surface area contributed by atoms with Crippen LogP contribution in [0.15, 0.2) is 72.8 Å². The molecule has 0 aromatic heterocycles. The molecule has 4 nitrogen and oxygen atoms in total. The van der Waals surface area contributed by atoms with Gasteiger partial charge >= 0.3 is 11.9 Å². The van der Waals surface area contributed by atoms with E-state index in [0.29, 0.717) is 28.9 Å². The summed E-state index contributed by atoms with van der Waals surface area (Å²) in [6.07, 6.45) is 1.44. The molecule has 34 heavy (non-hydrogen) atoms. The molecule has 4 rings (SSSR count). The monoisotopic (exact) mass is 460 g/mol. The van der Waals surface area contributed by atoms with Crippen molar-refractivity contribution in [2.24, 2.45) is 0 Å². The lowest BCUT2D eigenvalue weighted by Crippen LogP contribution is -2.11. The van der Waals surface area contributed by atoms with Crippen molar-refractivity contribution in [3.05, 3.63) is 95.6 Å². The van der Waals surface area contributed by atoms with Gasteiger partial charge in [0.15, 0.2) is 11.6 Å². The molecule has 0 fully saturated rings. The van der Waals surface area contributed by atoms with Crippen molar-refractivity contribution in [2.75, 3.05) is 0 Å². The Hall–Kier alpha value is -4.06. The maximum absolute atomic E-state index is 14.5. The van der Waals surface area contributed by atoms with Gasteiger partial charge in [-0.3, -0.25) is 0 Å². The predicted octanol–water partition coefficient (Wildman–Crippen LogP) is 6.36. The average molecular weight is 460 g/mol. The molecule has 0 atom stereocenters. The number of esters is 2. The molecule has 0 saturated heterocycles. The van der Waals surface area contributed by atoms with Crippen molar-refractivity contribution in [3.8, 4) is 33.8 Å². The Balaban J connectivity index is 1.63. The summed E-state index contributed by atoms with van der Waals surface area (Å²) in [6.45, 7) is 9.99. The van der Waals surface area contributed by atoms with Crippen LogP contribution in [0.5, 0.6) is 11.5 Å². The molecule has 6 heteroatoms. The highest BCUT2D eigenvalue weighted by molar-refractivity contribution is 5.89. The maximum atomic E-state index is 14.5. The SMILES string of the molecule is C=C(C)C(=O)Oc1ccc2c(c1)CCc1cc(-c3cc(F)c(OC(=O)C(=C)C)c(F)c3)ccc1-2. The van der Waals surface area contributed by atoms with Crippen molar-refractivity contribution >= 4 is 11.9 Å². The van der Waals surface area contributed by atoms with E-state index in [1.807, 2.05) is 24.3 Å². The largest absolute Gasteiger partial charge is 0.423 e. The van der Waals surface area contributed by atoms with E-state index in [9.17, 15) is 18.4 Å². The van der Waals surface area contributed by atoms with E-state index < -0.39 is 29.3 Å². The number of carbonyl (C=O) groups is 2. The van der Waals surface area contributed by atoms with E-state index in [-0.39, 0.29) is 5.57 Å². The van der Waals surface area contributed by atoms with E-state index in [2.05, 4.69) is 13.2 Å². The molecule has 1 aliphatic rings. The van der Waals surface area contributed by atoms with Gasteiger partial charge in [0, 0.05) is 11.1 Å². The van der Waals surface area contributed by atoms with Gasteiger partial charge in [-0.05, 0) is 84.3 Å². The molecule has 0 aliphatic heterocycles. The first kappa shape index (κ1) is 23.1. The summed E-state index contributed by atoms with van der Waals surface area (Å²) < 4.78 is 39.2. The van der Waals surface area contributed by atoms with Crippen LogP contribution < -0.4 is 9.47 Å². The van der Waals surface area contributed by atoms with Gasteiger partial charge < -0.3 is 9.47 Å². The Morgan fingerprint density at radius 1 is 0.735 bits per heavy atom. The second-order valence-electron chi connectivity index (χ2n) is 8.30. The van der Waals surface area contributed by atoms with Gasteiger partial charge in [0.25, 0.3) is 0 Å². The number of rotatable bonds is 5. The van der Waals surface area contributed by atoms with E-state index in [1.54, 1.807) is 19.1 Å². The van der Waals surface area contributed by atoms with Crippen LogP contribution in [0.4, 0.5) is 8.78 Å². The van der Waals surface area contributed by atoms with Crippen molar-refractivity contribution in [3.63, 3.8) is 0 Å². The first-order chi connectivity index (χ1) is 16.1. The number of halogens is 2. The quantitative estimate of drug-likeness (QED) is 0.253. The van der Waals surface area contributed by atoms with Gasteiger partial charge in [0.1, 0.15) is 5.75 Å². The zero-order chi connectivity index (χ0) is 24.6. The Labute approximate surface area is 196 Å². The normalized spacial score (nSPS) is 11.8. The Morgan fingerprint density at radius 3 is 1.85 bits per heavy atom. The fourth-order valence-corrected chi connectivity index (χ4v) is 3.81. The number of aryl methyl sites for hydroxylation is 2. The zero-order valence-corrected chi connectivity index (χ0v) is 18.8. The van der Waals surface area contributed by atoms with Gasteiger partial charge in [-0.15, -0.1) is 0 Å². The third-order valence-electron chi connectivity index (χ3n) is 5.57.